The predicted octanol–water partition coefficient (Wildman–Crippen LogP) is 6.19. The zero-order valence-corrected chi connectivity index (χ0v) is 16.0. The zero-order valence-electron chi connectivity index (χ0n) is 13.0. The molecule has 1 radical (unpaired) electrons. The summed E-state index contributed by atoms with van der Waals surface area (Å²) in [4.78, 5) is 21.3. The second-order valence-electron chi connectivity index (χ2n) is 6.06. The standard InChI is InChI=1S/C15H15Cl4N2O4/c1-14(16,17)15(18,19)13-11(9-5-3-2-4-6-9)7-10(20(22)23)8-12(13)21(24)25/h7-9H,1-6H2. The summed E-state index contributed by atoms with van der Waals surface area (Å²) in [5, 5.41) is 22.8. The van der Waals surface area contributed by atoms with E-state index in [0.717, 1.165) is 25.3 Å². The summed E-state index contributed by atoms with van der Waals surface area (Å²) in [6.07, 6.45) is 4.25. The number of rotatable bonds is 5. The molecule has 0 heterocycles. The maximum atomic E-state index is 11.6. The molecule has 6 nitrogen and oxygen atoms in total. The number of hydrogen-bond donors (Lipinski definition) is 0. The number of nitrogens with zero attached hydrogens (tertiary/aromatic N) is 2. The minimum absolute atomic E-state index is 0.127. The Labute approximate surface area is 164 Å². The van der Waals surface area contributed by atoms with E-state index >= 15 is 0 Å². The van der Waals surface area contributed by atoms with Gasteiger partial charge in [-0.15, -0.1) is 0 Å². The van der Waals surface area contributed by atoms with Crippen LogP contribution in [0.4, 0.5) is 11.4 Å². The van der Waals surface area contributed by atoms with Crippen LogP contribution in [0, 0.1) is 27.2 Å². The molecule has 0 spiro atoms. The molecule has 0 atom stereocenters. The number of hydrogen-bond acceptors (Lipinski definition) is 4. The van der Waals surface area contributed by atoms with Crippen molar-refractivity contribution in [1.29, 1.82) is 0 Å². The molecule has 0 unspecified atom stereocenters. The Morgan fingerprint density at radius 1 is 1.00 bits per heavy atom. The monoisotopic (exact) mass is 427 g/mol. The highest BCUT2D eigenvalue weighted by Crippen LogP contribution is 2.56. The molecule has 0 saturated heterocycles. The largest absolute Gasteiger partial charge is 0.282 e. The van der Waals surface area contributed by atoms with Crippen LogP contribution in [0.15, 0.2) is 12.1 Å². The van der Waals surface area contributed by atoms with Gasteiger partial charge >= 0.3 is 0 Å². The number of benzene rings is 1. The first-order chi connectivity index (χ1) is 11.5. The van der Waals surface area contributed by atoms with Crippen molar-refractivity contribution in [1.82, 2.24) is 0 Å². The van der Waals surface area contributed by atoms with Crippen LogP contribution >= 0.6 is 46.4 Å². The van der Waals surface area contributed by atoms with Crippen LogP contribution in [0.5, 0.6) is 0 Å². The summed E-state index contributed by atoms with van der Waals surface area (Å²) < 4.78 is -4.12. The van der Waals surface area contributed by atoms with E-state index in [2.05, 4.69) is 6.92 Å². The fourth-order valence-corrected chi connectivity index (χ4v) is 3.74. The van der Waals surface area contributed by atoms with Crippen molar-refractivity contribution in [3.8, 4) is 0 Å². The van der Waals surface area contributed by atoms with Crippen molar-refractivity contribution < 1.29 is 9.85 Å². The number of non-ortho nitro benzene ring substituents is 1. The van der Waals surface area contributed by atoms with Gasteiger partial charge in [-0.2, -0.15) is 0 Å². The van der Waals surface area contributed by atoms with E-state index in [9.17, 15) is 20.2 Å². The summed E-state index contributed by atoms with van der Waals surface area (Å²) >= 11 is 24.6. The smallest absolute Gasteiger partial charge is 0.258 e. The van der Waals surface area contributed by atoms with Crippen LogP contribution in [-0.4, -0.2) is 14.2 Å². The lowest BCUT2D eigenvalue weighted by molar-refractivity contribution is -0.394. The Kier molecular flexibility index (Phi) is 6.09. The molecule has 137 valence electrons. The van der Waals surface area contributed by atoms with Gasteiger partial charge in [0.05, 0.1) is 21.5 Å². The fourth-order valence-electron chi connectivity index (χ4n) is 3.14. The Hall–Kier alpha value is -0.820. The number of nitro benzene ring substituents is 2. The molecule has 1 fully saturated rings. The molecule has 25 heavy (non-hydrogen) atoms. The Bertz CT molecular complexity index is 698. The first-order valence-electron chi connectivity index (χ1n) is 7.55. The van der Waals surface area contributed by atoms with E-state index in [1.807, 2.05) is 0 Å². The van der Waals surface area contributed by atoms with Crippen LogP contribution in [0.3, 0.4) is 0 Å². The summed E-state index contributed by atoms with van der Waals surface area (Å²) in [6, 6.07) is 2.10. The Morgan fingerprint density at radius 2 is 1.56 bits per heavy atom. The SMILES string of the molecule is [CH2]C(Cl)(Cl)C(Cl)(Cl)c1c(C2CCCCC2)cc([N+](=O)[O-])cc1[N+](=O)[O-]. The molecule has 2 rings (SSSR count). The van der Waals surface area contributed by atoms with Crippen molar-refractivity contribution in [2.45, 2.75) is 46.7 Å². The molecular weight excluding hydrogens is 414 g/mol. The van der Waals surface area contributed by atoms with Gasteiger partial charge in [-0.05, 0) is 31.2 Å². The maximum absolute atomic E-state index is 11.6. The quantitative estimate of drug-likeness (QED) is 0.317. The van der Waals surface area contributed by atoms with Gasteiger partial charge in [0.2, 0.25) is 0 Å². The first kappa shape index (κ1) is 20.5. The van der Waals surface area contributed by atoms with E-state index in [4.69, 9.17) is 46.4 Å². The molecule has 0 bridgehead atoms. The van der Waals surface area contributed by atoms with Crippen LogP contribution in [-0.2, 0) is 4.33 Å². The molecule has 10 heteroatoms. The van der Waals surface area contributed by atoms with Crippen molar-refractivity contribution >= 4 is 57.8 Å². The van der Waals surface area contributed by atoms with Crippen molar-refractivity contribution in [2.24, 2.45) is 0 Å². The molecule has 1 aliphatic rings. The minimum atomic E-state index is -2.12. The highest BCUT2D eigenvalue weighted by molar-refractivity contribution is 6.62. The van der Waals surface area contributed by atoms with Gasteiger partial charge in [-0.1, -0.05) is 65.7 Å². The second kappa shape index (κ2) is 7.43. The molecule has 0 N–H and O–H groups in total. The zero-order chi connectivity index (χ0) is 19.0. The van der Waals surface area contributed by atoms with Crippen LogP contribution in [0.25, 0.3) is 0 Å². The minimum Gasteiger partial charge on any atom is -0.258 e. The molecule has 0 aliphatic heterocycles. The van der Waals surface area contributed by atoms with Crippen LogP contribution in [0.1, 0.15) is 49.1 Å². The van der Waals surface area contributed by atoms with Crippen molar-refractivity contribution in [3.63, 3.8) is 0 Å². The van der Waals surface area contributed by atoms with Crippen molar-refractivity contribution in [2.75, 3.05) is 0 Å². The lowest BCUT2D eigenvalue weighted by Crippen LogP contribution is -2.33. The molecule has 0 amide bonds. The van der Waals surface area contributed by atoms with Gasteiger partial charge in [-0.25, -0.2) is 0 Å². The highest BCUT2D eigenvalue weighted by atomic mass is 35.5. The summed E-state index contributed by atoms with van der Waals surface area (Å²) in [5.74, 6) is -0.157. The van der Waals surface area contributed by atoms with E-state index in [1.54, 1.807) is 0 Å². The van der Waals surface area contributed by atoms with E-state index in [1.165, 1.54) is 6.07 Å². The van der Waals surface area contributed by atoms with E-state index in [-0.39, 0.29) is 11.5 Å². The number of alkyl halides is 4. The third kappa shape index (κ3) is 4.13. The third-order valence-corrected chi connectivity index (χ3v) is 6.34. The van der Waals surface area contributed by atoms with Crippen LogP contribution in [0.2, 0.25) is 0 Å². The highest BCUT2D eigenvalue weighted by Gasteiger charge is 2.51. The third-order valence-electron chi connectivity index (χ3n) is 4.36. The lowest BCUT2D eigenvalue weighted by atomic mass is 9.80. The van der Waals surface area contributed by atoms with Gasteiger partial charge in [0.15, 0.2) is 8.67 Å². The average molecular weight is 429 g/mol. The fraction of sp³-hybridized carbons (Fsp3) is 0.533. The average Bonchev–Trinajstić information content (AvgIpc) is 2.53. The summed E-state index contributed by atoms with van der Waals surface area (Å²) in [5.41, 5.74) is -0.786. The van der Waals surface area contributed by atoms with Crippen molar-refractivity contribution in [3.05, 3.63) is 50.4 Å². The molecule has 1 aliphatic carbocycles. The normalized spacial score (nSPS) is 16.7. The predicted molar refractivity (Wildman–Crippen MR) is 98.8 cm³/mol. The Morgan fingerprint density at radius 3 is 2.00 bits per heavy atom. The molecular formula is C15H15Cl4N2O4. The molecule has 1 aromatic rings. The lowest BCUT2D eigenvalue weighted by Gasteiger charge is -2.33. The first-order valence-corrected chi connectivity index (χ1v) is 9.06. The summed E-state index contributed by atoms with van der Waals surface area (Å²) in [7, 11) is 0. The number of halogens is 4. The topological polar surface area (TPSA) is 86.3 Å². The van der Waals surface area contributed by atoms with Gasteiger partial charge < -0.3 is 0 Å². The Balaban J connectivity index is 2.81. The summed E-state index contributed by atoms with van der Waals surface area (Å²) in [6.45, 7) is 3.47. The van der Waals surface area contributed by atoms with E-state index in [0.29, 0.717) is 18.4 Å². The molecule has 1 saturated carbocycles. The molecule has 1 aromatic carbocycles. The van der Waals surface area contributed by atoms with E-state index < -0.39 is 29.9 Å². The van der Waals surface area contributed by atoms with Gasteiger partial charge in [0, 0.05) is 6.07 Å². The number of nitro groups is 2. The van der Waals surface area contributed by atoms with Crippen LogP contribution < -0.4 is 0 Å². The van der Waals surface area contributed by atoms with Gasteiger partial charge in [0.1, 0.15) is 0 Å². The van der Waals surface area contributed by atoms with Gasteiger partial charge in [-0.3, -0.25) is 20.2 Å². The maximum Gasteiger partial charge on any atom is 0.282 e. The molecule has 0 aromatic heterocycles. The second-order valence-corrected chi connectivity index (χ2v) is 8.87. The van der Waals surface area contributed by atoms with Gasteiger partial charge in [0.25, 0.3) is 11.4 Å².